The summed E-state index contributed by atoms with van der Waals surface area (Å²) in [6, 6.07) is 0. The second-order valence-electron chi connectivity index (χ2n) is 1.45. The van der Waals surface area contributed by atoms with Crippen LogP contribution in [0.5, 0.6) is 0 Å². The van der Waals surface area contributed by atoms with E-state index < -0.39 is 0 Å². The first kappa shape index (κ1) is 5.03. The molecule has 0 bridgehead atoms. The summed E-state index contributed by atoms with van der Waals surface area (Å²) in [5.41, 5.74) is 0. The highest BCUT2D eigenvalue weighted by Crippen LogP contribution is 1.93. The van der Waals surface area contributed by atoms with Crippen molar-refractivity contribution in [1.82, 2.24) is 5.06 Å². The van der Waals surface area contributed by atoms with Gasteiger partial charge < -0.3 is 9.94 Å². The number of morpholine rings is 1. The molecule has 1 saturated heterocycles. The van der Waals surface area contributed by atoms with E-state index in [0.29, 0.717) is 19.7 Å². The zero-order valence-corrected chi connectivity index (χ0v) is 4.00. The molecule has 0 unspecified atom stereocenters. The van der Waals surface area contributed by atoms with Gasteiger partial charge in [0.15, 0.2) is 0 Å². The average molecular weight is 102 g/mol. The van der Waals surface area contributed by atoms with Crippen molar-refractivity contribution in [2.45, 2.75) is 0 Å². The molecule has 0 amide bonds. The summed E-state index contributed by atoms with van der Waals surface area (Å²) in [5, 5.41) is 9.84. The standard InChI is InChI=1S/C4H8NO2/c6-5-1-3-7-4-2-5/h3,6H,1-2,4H2. The molecule has 1 heterocycles. The van der Waals surface area contributed by atoms with E-state index in [4.69, 9.17) is 9.94 Å². The predicted molar refractivity (Wildman–Crippen MR) is 23.6 cm³/mol. The third kappa shape index (κ3) is 1.43. The van der Waals surface area contributed by atoms with Crippen molar-refractivity contribution in [2.24, 2.45) is 0 Å². The number of ether oxygens (including phenoxy) is 1. The van der Waals surface area contributed by atoms with Gasteiger partial charge in [0.25, 0.3) is 0 Å². The van der Waals surface area contributed by atoms with Crippen LogP contribution in [0.3, 0.4) is 0 Å². The third-order valence-corrected chi connectivity index (χ3v) is 0.870. The first-order valence-electron chi connectivity index (χ1n) is 2.27. The zero-order valence-electron chi connectivity index (χ0n) is 4.00. The van der Waals surface area contributed by atoms with Crippen molar-refractivity contribution in [3.63, 3.8) is 0 Å². The molecule has 0 aromatic rings. The molecule has 3 nitrogen and oxygen atoms in total. The van der Waals surface area contributed by atoms with Crippen molar-refractivity contribution in [3.8, 4) is 0 Å². The average Bonchev–Trinajstić information content (AvgIpc) is 1.69. The van der Waals surface area contributed by atoms with Crippen molar-refractivity contribution >= 4 is 0 Å². The predicted octanol–water partition coefficient (Wildman–Crippen LogP) is -0.130. The van der Waals surface area contributed by atoms with Crippen molar-refractivity contribution < 1.29 is 9.94 Å². The number of hydroxylamine groups is 2. The summed E-state index contributed by atoms with van der Waals surface area (Å²) in [5.74, 6) is 0. The molecule has 3 heteroatoms. The molecule has 0 atom stereocenters. The number of nitrogens with zero attached hydrogens (tertiary/aromatic N) is 1. The lowest BCUT2D eigenvalue weighted by Gasteiger charge is -2.18. The van der Waals surface area contributed by atoms with Crippen LogP contribution in [-0.4, -0.2) is 30.0 Å². The monoisotopic (exact) mass is 102 g/mol. The minimum atomic E-state index is 0.528. The van der Waals surface area contributed by atoms with Gasteiger partial charge >= 0.3 is 0 Å². The Morgan fingerprint density at radius 1 is 1.71 bits per heavy atom. The maximum atomic E-state index is 8.63. The minimum Gasteiger partial charge on any atom is -0.373 e. The van der Waals surface area contributed by atoms with Crippen LogP contribution in [0, 0.1) is 6.61 Å². The fourth-order valence-corrected chi connectivity index (χ4v) is 0.471. The highest BCUT2D eigenvalue weighted by atomic mass is 16.5. The van der Waals surface area contributed by atoms with Crippen molar-refractivity contribution in [1.29, 1.82) is 0 Å². The van der Waals surface area contributed by atoms with E-state index in [1.54, 1.807) is 6.61 Å². The molecule has 0 aromatic carbocycles. The lowest BCUT2D eigenvalue weighted by Crippen LogP contribution is -2.30. The van der Waals surface area contributed by atoms with Gasteiger partial charge in [0.05, 0.1) is 13.2 Å². The van der Waals surface area contributed by atoms with Crippen molar-refractivity contribution in [3.05, 3.63) is 6.61 Å². The Morgan fingerprint density at radius 3 is 2.86 bits per heavy atom. The van der Waals surface area contributed by atoms with Gasteiger partial charge in [-0.05, 0) is 0 Å². The molecular formula is C4H8NO2. The van der Waals surface area contributed by atoms with E-state index in [1.807, 2.05) is 0 Å². The van der Waals surface area contributed by atoms with Crippen LogP contribution in [0.4, 0.5) is 0 Å². The second kappa shape index (κ2) is 2.26. The van der Waals surface area contributed by atoms with Crippen LogP contribution in [-0.2, 0) is 4.74 Å². The summed E-state index contributed by atoms with van der Waals surface area (Å²) in [7, 11) is 0. The van der Waals surface area contributed by atoms with Crippen LogP contribution in [0.1, 0.15) is 0 Å². The fourth-order valence-electron chi connectivity index (χ4n) is 0.471. The Hall–Kier alpha value is -0.120. The molecule has 1 rings (SSSR count). The summed E-state index contributed by atoms with van der Waals surface area (Å²) in [4.78, 5) is 0. The van der Waals surface area contributed by atoms with E-state index in [2.05, 4.69) is 0 Å². The summed E-state index contributed by atoms with van der Waals surface area (Å²) >= 11 is 0. The van der Waals surface area contributed by atoms with Crippen molar-refractivity contribution in [2.75, 3.05) is 19.7 Å². The number of rotatable bonds is 0. The van der Waals surface area contributed by atoms with Crippen LogP contribution in [0.15, 0.2) is 0 Å². The van der Waals surface area contributed by atoms with Gasteiger partial charge in [0, 0.05) is 6.54 Å². The maximum Gasteiger partial charge on any atom is 0.100 e. The SMILES string of the molecule is ON1C[CH]OCC1. The van der Waals surface area contributed by atoms with E-state index in [1.165, 1.54) is 5.06 Å². The van der Waals surface area contributed by atoms with E-state index in [9.17, 15) is 0 Å². The van der Waals surface area contributed by atoms with Gasteiger partial charge in [0.2, 0.25) is 0 Å². The first-order chi connectivity index (χ1) is 3.39. The molecule has 1 aliphatic rings. The molecule has 41 valence electrons. The Morgan fingerprint density at radius 2 is 2.57 bits per heavy atom. The highest BCUT2D eigenvalue weighted by molar-refractivity contribution is 4.59. The lowest BCUT2D eigenvalue weighted by atomic mass is 10.5. The van der Waals surface area contributed by atoms with Crippen LogP contribution < -0.4 is 0 Å². The maximum absolute atomic E-state index is 8.63. The van der Waals surface area contributed by atoms with Gasteiger partial charge in [-0.1, -0.05) is 0 Å². The Balaban J connectivity index is 2.12. The molecule has 0 aliphatic carbocycles. The van der Waals surface area contributed by atoms with Crippen LogP contribution in [0.25, 0.3) is 0 Å². The van der Waals surface area contributed by atoms with Gasteiger partial charge in [-0.15, -0.1) is 0 Å². The van der Waals surface area contributed by atoms with Crippen LogP contribution in [0.2, 0.25) is 0 Å². The minimum absolute atomic E-state index is 0.528. The molecular weight excluding hydrogens is 94.0 g/mol. The molecule has 1 N–H and O–H groups in total. The zero-order chi connectivity index (χ0) is 5.11. The van der Waals surface area contributed by atoms with E-state index >= 15 is 0 Å². The van der Waals surface area contributed by atoms with E-state index in [-0.39, 0.29) is 0 Å². The molecule has 1 radical (unpaired) electrons. The third-order valence-electron chi connectivity index (χ3n) is 0.870. The quantitative estimate of drug-likeness (QED) is 0.462. The highest BCUT2D eigenvalue weighted by Gasteiger charge is 2.05. The smallest absolute Gasteiger partial charge is 0.100 e. The normalized spacial score (nSPS) is 25.3. The Kier molecular flexibility index (Phi) is 1.62. The Bertz CT molecular complexity index is 51.7. The second-order valence-corrected chi connectivity index (χ2v) is 1.45. The summed E-state index contributed by atoms with van der Waals surface area (Å²) in [6.45, 7) is 3.34. The topological polar surface area (TPSA) is 32.7 Å². The molecule has 0 aromatic heterocycles. The largest absolute Gasteiger partial charge is 0.373 e. The number of hydrogen-bond donors (Lipinski definition) is 1. The first-order valence-corrected chi connectivity index (χ1v) is 2.27. The molecule has 0 saturated carbocycles. The lowest BCUT2D eigenvalue weighted by molar-refractivity contribution is -0.125. The molecule has 0 spiro atoms. The molecule has 1 fully saturated rings. The number of hydrogen-bond acceptors (Lipinski definition) is 3. The summed E-state index contributed by atoms with van der Waals surface area (Å²) in [6.07, 6.45) is 0. The molecule has 1 aliphatic heterocycles. The fraction of sp³-hybridized carbons (Fsp3) is 0.750. The summed E-state index contributed by atoms with van der Waals surface area (Å²) < 4.78 is 4.81. The van der Waals surface area contributed by atoms with Gasteiger partial charge in [-0.25, -0.2) is 0 Å². The molecule has 7 heavy (non-hydrogen) atoms. The Labute approximate surface area is 42.4 Å². The van der Waals surface area contributed by atoms with Gasteiger partial charge in [-0.2, -0.15) is 5.06 Å². The van der Waals surface area contributed by atoms with Crippen LogP contribution >= 0.6 is 0 Å². The van der Waals surface area contributed by atoms with Gasteiger partial charge in [-0.3, -0.25) is 0 Å². The van der Waals surface area contributed by atoms with Gasteiger partial charge in [0.1, 0.15) is 6.61 Å². The van der Waals surface area contributed by atoms with E-state index in [0.717, 1.165) is 0 Å².